The van der Waals surface area contributed by atoms with Crippen molar-refractivity contribution in [3.63, 3.8) is 0 Å². The highest BCUT2D eigenvalue weighted by Gasteiger charge is 2.18. The van der Waals surface area contributed by atoms with E-state index < -0.39 is 0 Å². The van der Waals surface area contributed by atoms with E-state index in [-0.39, 0.29) is 11.9 Å². The number of carbonyl (C=O) groups is 1. The lowest BCUT2D eigenvalue weighted by molar-refractivity contribution is 0.0934. The normalized spacial score (nSPS) is 11.9. The lowest BCUT2D eigenvalue weighted by atomic mass is 10.0. The molecule has 0 saturated carbocycles. The summed E-state index contributed by atoms with van der Waals surface area (Å²) < 4.78 is 10.7. The molecule has 0 saturated heterocycles. The van der Waals surface area contributed by atoms with Gasteiger partial charge >= 0.3 is 0 Å². The van der Waals surface area contributed by atoms with Crippen LogP contribution in [0.15, 0.2) is 18.2 Å². The summed E-state index contributed by atoms with van der Waals surface area (Å²) in [6.07, 6.45) is 0. The van der Waals surface area contributed by atoms with E-state index in [0.29, 0.717) is 17.2 Å². The molecule has 5 heteroatoms. The smallest absolute Gasteiger partial charge is 0.268 e. The maximum atomic E-state index is 12.5. The van der Waals surface area contributed by atoms with Crippen LogP contribution < -0.4 is 14.8 Å². The molecule has 124 valence electrons. The number of hydrogen-bond acceptors (Lipinski definition) is 3. The summed E-state index contributed by atoms with van der Waals surface area (Å²) in [5.74, 6) is 1.22. The fourth-order valence-electron chi connectivity index (χ4n) is 2.77. The van der Waals surface area contributed by atoms with E-state index in [9.17, 15) is 4.79 Å². The van der Waals surface area contributed by atoms with Crippen LogP contribution in [-0.4, -0.2) is 25.1 Å². The second-order valence-corrected chi connectivity index (χ2v) is 5.77. The van der Waals surface area contributed by atoms with Crippen LogP contribution in [0.5, 0.6) is 11.5 Å². The molecule has 1 atom stereocenters. The molecule has 1 aromatic carbocycles. The first-order chi connectivity index (χ1) is 10.9. The highest BCUT2D eigenvalue weighted by Crippen LogP contribution is 2.32. The van der Waals surface area contributed by atoms with Crippen molar-refractivity contribution in [3.05, 3.63) is 46.3 Å². The first kappa shape index (κ1) is 16.9. The molecule has 0 fully saturated rings. The van der Waals surface area contributed by atoms with Crippen molar-refractivity contribution in [1.82, 2.24) is 10.3 Å². The number of hydrogen-bond donors (Lipinski definition) is 2. The lowest BCUT2D eigenvalue weighted by Crippen LogP contribution is -2.28. The second kappa shape index (κ2) is 6.77. The third kappa shape index (κ3) is 3.50. The van der Waals surface area contributed by atoms with Gasteiger partial charge in [-0.2, -0.15) is 0 Å². The van der Waals surface area contributed by atoms with Crippen LogP contribution in [0.1, 0.15) is 45.8 Å². The topological polar surface area (TPSA) is 63.3 Å². The number of benzene rings is 1. The van der Waals surface area contributed by atoms with Gasteiger partial charge in [0.15, 0.2) is 11.5 Å². The van der Waals surface area contributed by atoms with Gasteiger partial charge in [-0.3, -0.25) is 4.79 Å². The van der Waals surface area contributed by atoms with Gasteiger partial charge in [-0.1, -0.05) is 0 Å². The van der Waals surface area contributed by atoms with Crippen LogP contribution >= 0.6 is 0 Å². The van der Waals surface area contributed by atoms with Gasteiger partial charge in [0, 0.05) is 5.69 Å². The van der Waals surface area contributed by atoms with E-state index in [0.717, 1.165) is 22.4 Å². The maximum absolute atomic E-state index is 12.5. The summed E-state index contributed by atoms with van der Waals surface area (Å²) in [7, 11) is 3.21. The number of carbonyl (C=O) groups excluding carboxylic acids is 1. The highest BCUT2D eigenvalue weighted by atomic mass is 16.5. The molecule has 1 amide bonds. The molecule has 1 aromatic heterocycles. The van der Waals surface area contributed by atoms with E-state index in [1.165, 1.54) is 0 Å². The van der Waals surface area contributed by atoms with Crippen molar-refractivity contribution in [3.8, 4) is 11.5 Å². The summed E-state index contributed by atoms with van der Waals surface area (Å²) in [6, 6.07) is 5.64. The van der Waals surface area contributed by atoms with E-state index in [1.807, 2.05) is 45.9 Å². The van der Waals surface area contributed by atoms with Crippen molar-refractivity contribution >= 4 is 5.91 Å². The van der Waals surface area contributed by atoms with E-state index in [4.69, 9.17) is 9.47 Å². The Morgan fingerprint density at radius 2 is 1.65 bits per heavy atom. The first-order valence-electron chi connectivity index (χ1n) is 7.57. The molecule has 1 heterocycles. The molecule has 1 unspecified atom stereocenters. The Balaban J connectivity index is 2.25. The molecule has 23 heavy (non-hydrogen) atoms. The number of aryl methyl sites for hydroxylation is 3. The SMILES string of the molecule is COc1cc(C)c(C(C)NC(=O)c2[nH]c(C)cc2C)cc1OC. The zero-order valence-corrected chi connectivity index (χ0v) is 14.5. The largest absolute Gasteiger partial charge is 0.493 e. The zero-order valence-electron chi connectivity index (χ0n) is 14.5. The summed E-state index contributed by atoms with van der Waals surface area (Å²) in [6.45, 7) is 7.80. The van der Waals surface area contributed by atoms with Crippen molar-refractivity contribution in [2.45, 2.75) is 33.7 Å². The minimum Gasteiger partial charge on any atom is -0.493 e. The molecule has 0 radical (unpaired) electrons. The Bertz CT molecular complexity index is 719. The average molecular weight is 316 g/mol. The van der Waals surface area contributed by atoms with Gasteiger partial charge in [0.05, 0.1) is 20.3 Å². The fourth-order valence-corrected chi connectivity index (χ4v) is 2.77. The quantitative estimate of drug-likeness (QED) is 0.888. The van der Waals surface area contributed by atoms with Gasteiger partial charge in [0.25, 0.3) is 5.91 Å². The van der Waals surface area contributed by atoms with Gasteiger partial charge in [0.1, 0.15) is 5.69 Å². The lowest BCUT2D eigenvalue weighted by Gasteiger charge is -2.19. The molecule has 0 aliphatic rings. The zero-order chi connectivity index (χ0) is 17.1. The fraction of sp³-hybridized carbons (Fsp3) is 0.389. The van der Waals surface area contributed by atoms with E-state index >= 15 is 0 Å². The van der Waals surface area contributed by atoms with Gasteiger partial charge < -0.3 is 19.8 Å². The summed E-state index contributed by atoms with van der Waals surface area (Å²) in [5.41, 5.74) is 4.55. The van der Waals surface area contributed by atoms with Gasteiger partial charge in [0.2, 0.25) is 0 Å². The molecule has 0 bridgehead atoms. The maximum Gasteiger partial charge on any atom is 0.268 e. The number of rotatable bonds is 5. The minimum atomic E-state index is -0.148. The number of aromatic amines is 1. The first-order valence-corrected chi connectivity index (χ1v) is 7.57. The van der Waals surface area contributed by atoms with Gasteiger partial charge in [-0.15, -0.1) is 0 Å². The van der Waals surface area contributed by atoms with Crippen LogP contribution in [0.25, 0.3) is 0 Å². The number of methoxy groups -OCH3 is 2. The Morgan fingerprint density at radius 1 is 1.04 bits per heavy atom. The molecular formula is C18H24N2O3. The third-order valence-electron chi connectivity index (χ3n) is 3.96. The van der Waals surface area contributed by atoms with Crippen LogP contribution in [0, 0.1) is 20.8 Å². The third-order valence-corrected chi connectivity index (χ3v) is 3.96. The van der Waals surface area contributed by atoms with Gasteiger partial charge in [-0.25, -0.2) is 0 Å². The molecule has 0 aliphatic carbocycles. The number of aromatic nitrogens is 1. The molecule has 2 rings (SSSR count). The summed E-state index contributed by atoms with van der Waals surface area (Å²) in [4.78, 5) is 15.6. The molecule has 0 aliphatic heterocycles. The average Bonchev–Trinajstić information content (AvgIpc) is 2.85. The monoisotopic (exact) mass is 316 g/mol. The predicted molar refractivity (Wildman–Crippen MR) is 90.4 cm³/mol. The minimum absolute atomic E-state index is 0.114. The number of nitrogens with one attached hydrogen (secondary N) is 2. The predicted octanol–water partition coefficient (Wildman–Crippen LogP) is 3.45. The van der Waals surface area contributed by atoms with Crippen LogP contribution in [-0.2, 0) is 0 Å². The van der Waals surface area contributed by atoms with E-state index in [1.54, 1.807) is 14.2 Å². The van der Waals surface area contributed by atoms with Crippen molar-refractivity contribution in [2.24, 2.45) is 0 Å². The summed E-state index contributed by atoms with van der Waals surface area (Å²) >= 11 is 0. The Labute approximate surface area is 137 Å². The standard InChI is InChI=1S/C18H24N2O3/c1-10-8-15(22-5)16(23-6)9-14(10)13(4)20-18(21)17-11(2)7-12(3)19-17/h7-9,13,19H,1-6H3,(H,20,21). The van der Waals surface area contributed by atoms with Crippen LogP contribution in [0.4, 0.5) is 0 Å². The van der Waals surface area contributed by atoms with Crippen LogP contribution in [0.2, 0.25) is 0 Å². The van der Waals surface area contributed by atoms with Crippen LogP contribution in [0.3, 0.4) is 0 Å². The van der Waals surface area contributed by atoms with Crippen molar-refractivity contribution in [1.29, 1.82) is 0 Å². The molecule has 0 spiro atoms. The molecule has 2 aromatic rings. The van der Waals surface area contributed by atoms with E-state index in [2.05, 4.69) is 10.3 Å². The number of H-pyrrole nitrogens is 1. The second-order valence-electron chi connectivity index (χ2n) is 5.77. The van der Waals surface area contributed by atoms with Crippen molar-refractivity contribution in [2.75, 3.05) is 14.2 Å². The van der Waals surface area contributed by atoms with Crippen molar-refractivity contribution < 1.29 is 14.3 Å². The molecule has 5 nitrogen and oxygen atoms in total. The molecule has 2 N–H and O–H groups in total. The Morgan fingerprint density at radius 3 is 2.17 bits per heavy atom. The Hall–Kier alpha value is -2.43. The Kier molecular flexibility index (Phi) is 4.98. The molecular weight excluding hydrogens is 292 g/mol. The number of ether oxygens (including phenoxy) is 2. The summed E-state index contributed by atoms with van der Waals surface area (Å²) in [5, 5.41) is 3.03. The number of amides is 1. The van der Waals surface area contributed by atoms with Gasteiger partial charge in [-0.05, 0) is 62.6 Å². The highest BCUT2D eigenvalue weighted by molar-refractivity contribution is 5.94.